The number of carbonyl (C=O) groups is 1. The highest BCUT2D eigenvalue weighted by atomic mass is 19.1. The van der Waals surface area contributed by atoms with E-state index in [4.69, 9.17) is 29.3 Å². The molecule has 10 nitrogen and oxygen atoms in total. The molecule has 0 radical (unpaired) electrons. The lowest BCUT2D eigenvalue weighted by Crippen LogP contribution is -2.34. The molecule has 2 aromatic carbocycles. The quantitative estimate of drug-likeness (QED) is 0.193. The summed E-state index contributed by atoms with van der Waals surface area (Å²) in [4.78, 5) is 22.2. The third kappa shape index (κ3) is 7.12. The van der Waals surface area contributed by atoms with Crippen LogP contribution in [0.2, 0.25) is 0 Å². The third-order valence-corrected chi connectivity index (χ3v) is 5.88. The molecule has 0 N–H and O–H groups in total. The molecular formula is C24H27FN3O7-. The minimum absolute atomic E-state index is 0.000894. The van der Waals surface area contributed by atoms with Crippen molar-refractivity contribution in [3.63, 3.8) is 0 Å². The summed E-state index contributed by atoms with van der Waals surface area (Å²) in [5.41, 5.74) is 2.07. The number of piperidine rings is 1. The van der Waals surface area contributed by atoms with Crippen LogP contribution in [0.5, 0.6) is 11.5 Å². The number of methoxy groups -OCH3 is 1. The van der Waals surface area contributed by atoms with Crippen molar-refractivity contribution < 1.29 is 28.3 Å². The summed E-state index contributed by atoms with van der Waals surface area (Å²) in [6, 6.07) is 9.87. The van der Waals surface area contributed by atoms with Crippen molar-refractivity contribution in [2.45, 2.75) is 32.1 Å². The maximum atomic E-state index is 13.4. The number of halogens is 1. The maximum absolute atomic E-state index is 13.4. The van der Waals surface area contributed by atoms with Crippen molar-refractivity contribution in [3.05, 3.63) is 68.8 Å². The molecule has 0 aliphatic carbocycles. The van der Waals surface area contributed by atoms with Gasteiger partial charge in [0.25, 0.3) is 0 Å². The van der Waals surface area contributed by atoms with Gasteiger partial charge in [-0.05, 0) is 69.6 Å². The molecule has 0 unspecified atom stereocenters. The lowest BCUT2D eigenvalue weighted by atomic mass is 9.91. The number of hydrogen-bond acceptors (Lipinski definition) is 9. The summed E-state index contributed by atoms with van der Waals surface area (Å²) in [7, 11) is 1.57. The van der Waals surface area contributed by atoms with Gasteiger partial charge in [-0.2, -0.15) is 0 Å². The van der Waals surface area contributed by atoms with E-state index in [9.17, 15) is 9.18 Å². The van der Waals surface area contributed by atoms with Crippen LogP contribution in [0, 0.1) is 21.1 Å². The maximum Gasteiger partial charge on any atom is 0.170 e. The molecular weight excluding hydrogens is 461 g/mol. The molecule has 0 amide bonds. The molecule has 2 heterocycles. The van der Waals surface area contributed by atoms with Crippen LogP contribution < -0.4 is 9.47 Å². The average molecular weight is 488 g/mol. The van der Waals surface area contributed by atoms with Gasteiger partial charge in [0.2, 0.25) is 0 Å². The van der Waals surface area contributed by atoms with Crippen molar-refractivity contribution >= 4 is 16.8 Å². The largest absolute Gasteiger partial charge is 0.493 e. The van der Waals surface area contributed by atoms with E-state index in [0.29, 0.717) is 35.2 Å². The van der Waals surface area contributed by atoms with Crippen molar-refractivity contribution in [3.8, 4) is 11.5 Å². The number of aromatic nitrogens is 1. The second-order valence-corrected chi connectivity index (χ2v) is 8.17. The normalized spacial score (nSPS) is 14.3. The minimum atomic E-state index is -1.75. The van der Waals surface area contributed by atoms with Gasteiger partial charge >= 0.3 is 0 Å². The fourth-order valence-electron chi connectivity index (χ4n) is 4.13. The van der Waals surface area contributed by atoms with Crippen LogP contribution in [0.1, 0.15) is 48.2 Å². The Morgan fingerprint density at radius 1 is 1.20 bits per heavy atom. The summed E-state index contributed by atoms with van der Waals surface area (Å²) >= 11 is 0. The van der Waals surface area contributed by atoms with E-state index in [1.54, 1.807) is 31.4 Å². The number of ether oxygens (including phenoxy) is 2. The molecule has 1 aromatic heterocycles. The van der Waals surface area contributed by atoms with E-state index in [0.717, 1.165) is 50.0 Å². The number of ketones is 1. The van der Waals surface area contributed by atoms with Gasteiger partial charge < -0.3 is 34.2 Å². The third-order valence-electron chi connectivity index (χ3n) is 5.88. The zero-order valence-corrected chi connectivity index (χ0v) is 19.6. The number of carbonyl (C=O) groups excluding carboxylic acids is 1. The Morgan fingerprint density at radius 3 is 2.57 bits per heavy atom. The highest BCUT2D eigenvalue weighted by molar-refractivity contribution is 5.94. The monoisotopic (exact) mass is 488 g/mol. The molecule has 1 fully saturated rings. The number of Topliss-reactive ketones (excluding diaryl/α,β-unsaturated/α-hetero) is 1. The fourth-order valence-corrected chi connectivity index (χ4v) is 4.13. The molecule has 1 saturated heterocycles. The summed E-state index contributed by atoms with van der Waals surface area (Å²) in [5, 5.41) is 19.9. The van der Waals surface area contributed by atoms with Crippen LogP contribution in [0.25, 0.3) is 11.0 Å². The Balaban J connectivity index is 0.000000795. The topological polar surface area (TPSA) is 131 Å². The van der Waals surface area contributed by atoms with Crippen molar-refractivity contribution in [1.29, 1.82) is 0 Å². The Labute approximate surface area is 201 Å². The first-order chi connectivity index (χ1) is 16.8. The van der Waals surface area contributed by atoms with Crippen LogP contribution in [0.3, 0.4) is 0 Å². The number of nitrogens with zero attached hydrogens (tertiary/aromatic N) is 3. The van der Waals surface area contributed by atoms with Crippen LogP contribution >= 0.6 is 0 Å². The van der Waals surface area contributed by atoms with Crippen LogP contribution in [-0.4, -0.2) is 54.3 Å². The smallest absolute Gasteiger partial charge is 0.170 e. The summed E-state index contributed by atoms with van der Waals surface area (Å²) in [6.07, 6.45) is 2.90. The lowest BCUT2D eigenvalue weighted by Gasteiger charge is -2.31. The number of benzene rings is 2. The van der Waals surface area contributed by atoms with Crippen LogP contribution in [0.15, 0.2) is 40.9 Å². The average Bonchev–Trinajstić information content (AvgIpc) is 3.24. The zero-order chi connectivity index (χ0) is 25.4. The van der Waals surface area contributed by atoms with E-state index < -0.39 is 5.09 Å². The van der Waals surface area contributed by atoms with Crippen LogP contribution in [-0.2, 0) is 0 Å². The second kappa shape index (κ2) is 12.1. The predicted octanol–water partition coefficient (Wildman–Crippen LogP) is 4.59. The summed E-state index contributed by atoms with van der Waals surface area (Å²) in [6.45, 7) is 5.03. The van der Waals surface area contributed by atoms with Gasteiger partial charge in [-0.3, -0.25) is 4.79 Å². The summed E-state index contributed by atoms with van der Waals surface area (Å²) in [5.74, 6) is 1.26. The molecule has 4 rings (SSSR count). The van der Waals surface area contributed by atoms with Gasteiger partial charge in [0.05, 0.1) is 24.5 Å². The fraction of sp³-hybridized carbons (Fsp3) is 0.417. The second-order valence-electron chi connectivity index (χ2n) is 8.17. The Morgan fingerprint density at radius 2 is 1.91 bits per heavy atom. The zero-order valence-electron chi connectivity index (χ0n) is 19.6. The molecule has 11 heteroatoms. The summed E-state index contributed by atoms with van der Waals surface area (Å²) < 4.78 is 29.9. The molecule has 35 heavy (non-hydrogen) atoms. The van der Waals surface area contributed by atoms with E-state index >= 15 is 0 Å². The molecule has 0 spiro atoms. The Kier molecular flexibility index (Phi) is 8.96. The SMILES string of the molecule is COc1cc(C(C)=O)ccc1OCCCN1CCC(c2noc3cc(F)ccc23)CC1.O=[N+]([O-])[O-]. The van der Waals surface area contributed by atoms with Crippen molar-refractivity contribution in [2.75, 3.05) is 33.4 Å². The van der Waals surface area contributed by atoms with Gasteiger partial charge in [0.15, 0.2) is 22.9 Å². The predicted molar refractivity (Wildman–Crippen MR) is 126 cm³/mol. The lowest BCUT2D eigenvalue weighted by molar-refractivity contribution is -0.402. The van der Waals surface area contributed by atoms with E-state index in [1.165, 1.54) is 19.1 Å². The van der Waals surface area contributed by atoms with E-state index in [2.05, 4.69) is 10.1 Å². The van der Waals surface area contributed by atoms with Crippen LogP contribution in [0.4, 0.5) is 4.39 Å². The van der Waals surface area contributed by atoms with Crippen molar-refractivity contribution in [1.82, 2.24) is 10.1 Å². The number of rotatable bonds is 8. The number of likely N-dealkylation sites (tertiary alicyclic amines) is 1. The molecule has 3 aromatic rings. The molecule has 188 valence electrons. The van der Waals surface area contributed by atoms with Gasteiger partial charge in [0.1, 0.15) is 5.82 Å². The molecule has 0 bridgehead atoms. The Hall–Kier alpha value is -3.73. The number of hydrogen-bond donors (Lipinski definition) is 0. The first-order valence-electron chi connectivity index (χ1n) is 11.2. The van der Waals surface area contributed by atoms with Crippen molar-refractivity contribution in [2.24, 2.45) is 0 Å². The van der Waals surface area contributed by atoms with Gasteiger partial charge in [-0.25, -0.2) is 4.39 Å². The van der Waals surface area contributed by atoms with E-state index in [-0.39, 0.29) is 11.6 Å². The molecule has 1 aliphatic rings. The van der Waals surface area contributed by atoms with Gasteiger partial charge in [-0.1, -0.05) is 5.16 Å². The molecule has 0 saturated carbocycles. The molecule has 0 atom stereocenters. The van der Waals surface area contributed by atoms with Gasteiger partial charge in [0, 0.05) is 29.5 Å². The minimum Gasteiger partial charge on any atom is -0.493 e. The highest BCUT2D eigenvalue weighted by Crippen LogP contribution is 2.33. The van der Waals surface area contributed by atoms with Gasteiger partial charge in [-0.15, -0.1) is 0 Å². The molecule has 1 aliphatic heterocycles. The first-order valence-corrected chi connectivity index (χ1v) is 11.2. The Bertz CT molecular complexity index is 1160. The first kappa shape index (κ1) is 25.9. The number of fused-ring (bicyclic) bond motifs is 1. The van der Waals surface area contributed by atoms with E-state index in [1.807, 2.05) is 0 Å². The highest BCUT2D eigenvalue weighted by Gasteiger charge is 2.25. The standard InChI is InChI=1S/C24H27FN2O4.NO3/c1-16(28)18-4-7-21(23(14-18)29-2)30-13-3-10-27-11-8-17(9-12-27)24-20-6-5-19(25)15-22(20)31-26-24;2-1(3)4/h4-7,14-15,17H,3,8-13H2,1-2H3;/q;-1.